The zero-order valence-electron chi connectivity index (χ0n) is 26.5. The predicted molar refractivity (Wildman–Crippen MR) is 166 cm³/mol. The molecule has 4 N–H and O–H groups in total. The van der Waals surface area contributed by atoms with Crippen molar-refractivity contribution >= 4 is 11.9 Å². The number of hydrogen-bond acceptors (Lipinski definition) is 8. The molecule has 1 aliphatic rings. The first-order valence-electron chi connectivity index (χ1n) is 16.5. The molecule has 8 heteroatoms. The minimum atomic E-state index is -1.08. The number of carbonyl (C=O) groups excluding carboxylic acids is 2. The molecule has 0 bridgehead atoms. The standard InChI is InChI=1S/C34H60O8/c1-4-6-11-17-27(35)21-22-30-29(31(37)23-32(30)38)18-14-15-20-34(40)42-25-28(36)24-41-33(39)19-13-10-8-7-9-12-16-26(3)5-2/h14-15,21-22,26-32,35-38H,4-13,16-20,23-25H2,1-3H3/b15-14-,22-21+/t26?,27-,28-,29+,30-,31+,32-/m1/s1. The fourth-order valence-corrected chi connectivity index (χ4v) is 5.33. The predicted octanol–water partition coefficient (Wildman–Crippen LogP) is 5.79. The van der Waals surface area contributed by atoms with Crippen LogP contribution < -0.4 is 0 Å². The average Bonchev–Trinajstić information content (AvgIpc) is 3.24. The Kier molecular flexibility index (Phi) is 21.6. The zero-order chi connectivity index (χ0) is 31.2. The number of unbranched alkanes of at least 4 members (excludes halogenated alkanes) is 7. The number of aliphatic hydroxyl groups is 4. The maximum atomic E-state index is 12.0. The molecule has 0 amide bonds. The van der Waals surface area contributed by atoms with Crippen LogP contribution in [-0.2, 0) is 19.1 Å². The fraction of sp³-hybridized carbons (Fsp3) is 0.824. The van der Waals surface area contributed by atoms with Crippen molar-refractivity contribution in [1.82, 2.24) is 0 Å². The van der Waals surface area contributed by atoms with Crippen molar-refractivity contribution in [2.45, 2.75) is 148 Å². The quantitative estimate of drug-likeness (QED) is 0.0625. The third-order valence-corrected chi connectivity index (χ3v) is 8.33. The lowest BCUT2D eigenvalue weighted by Gasteiger charge is -2.19. The van der Waals surface area contributed by atoms with Gasteiger partial charge in [0.1, 0.15) is 19.3 Å². The van der Waals surface area contributed by atoms with Gasteiger partial charge in [-0.15, -0.1) is 0 Å². The van der Waals surface area contributed by atoms with Crippen LogP contribution in [0.15, 0.2) is 24.3 Å². The lowest BCUT2D eigenvalue weighted by Crippen LogP contribution is -2.25. The minimum absolute atomic E-state index is 0.00611. The van der Waals surface area contributed by atoms with Crippen LogP contribution in [0.2, 0.25) is 0 Å². The first-order valence-corrected chi connectivity index (χ1v) is 16.5. The van der Waals surface area contributed by atoms with Crippen molar-refractivity contribution in [2.75, 3.05) is 13.2 Å². The van der Waals surface area contributed by atoms with Crippen LogP contribution in [0.5, 0.6) is 0 Å². The summed E-state index contributed by atoms with van der Waals surface area (Å²) in [6, 6.07) is 0. The van der Waals surface area contributed by atoms with Gasteiger partial charge in [0, 0.05) is 18.8 Å². The highest BCUT2D eigenvalue weighted by molar-refractivity contribution is 5.71. The van der Waals surface area contributed by atoms with E-state index in [2.05, 4.69) is 20.8 Å². The maximum Gasteiger partial charge on any atom is 0.309 e. The number of aliphatic hydroxyl groups excluding tert-OH is 4. The van der Waals surface area contributed by atoms with Crippen LogP contribution in [0.25, 0.3) is 0 Å². The van der Waals surface area contributed by atoms with Crippen molar-refractivity contribution in [3.05, 3.63) is 24.3 Å². The molecule has 0 aromatic heterocycles. The molecule has 0 heterocycles. The van der Waals surface area contributed by atoms with Crippen LogP contribution in [0.4, 0.5) is 0 Å². The van der Waals surface area contributed by atoms with E-state index >= 15 is 0 Å². The second-order valence-electron chi connectivity index (χ2n) is 12.2. The molecule has 0 radical (unpaired) electrons. The summed E-state index contributed by atoms with van der Waals surface area (Å²) in [6.45, 7) is 6.17. The van der Waals surface area contributed by atoms with Crippen LogP contribution in [0.1, 0.15) is 124 Å². The molecule has 42 heavy (non-hydrogen) atoms. The smallest absolute Gasteiger partial charge is 0.309 e. The molecule has 1 fully saturated rings. The first-order chi connectivity index (χ1) is 20.2. The van der Waals surface area contributed by atoms with Gasteiger partial charge in [-0.05, 0) is 31.1 Å². The average molecular weight is 597 g/mol. The molecule has 244 valence electrons. The summed E-state index contributed by atoms with van der Waals surface area (Å²) >= 11 is 0. The molecule has 8 nitrogen and oxygen atoms in total. The van der Waals surface area contributed by atoms with E-state index in [1.165, 1.54) is 32.1 Å². The molecule has 7 atom stereocenters. The Morgan fingerprint density at radius 1 is 0.833 bits per heavy atom. The number of allylic oxidation sites excluding steroid dienone is 1. The Labute approximate surface area is 254 Å². The molecule has 0 aromatic carbocycles. The Morgan fingerprint density at radius 3 is 2.17 bits per heavy atom. The van der Waals surface area contributed by atoms with Gasteiger partial charge in [0.25, 0.3) is 0 Å². The third-order valence-electron chi connectivity index (χ3n) is 8.33. The Bertz CT molecular complexity index is 767. The van der Waals surface area contributed by atoms with Gasteiger partial charge in [0.05, 0.1) is 24.7 Å². The lowest BCUT2D eigenvalue weighted by atomic mass is 9.89. The summed E-state index contributed by atoms with van der Waals surface area (Å²) < 4.78 is 10.2. The number of carbonyl (C=O) groups is 2. The van der Waals surface area contributed by atoms with E-state index in [4.69, 9.17) is 9.47 Å². The van der Waals surface area contributed by atoms with E-state index in [0.717, 1.165) is 44.4 Å². The van der Waals surface area contributed by atoms with Crippen LogP contribution in [0.3, 0.4) is 0 Å². The van der Waals surface area contributed by atoms with Gasteiger partial charge < -0.3 is 29.9 Å². The van der Waals surface area contributed by atoms with E-state index in [1.54, 1.807) is 18.2 Å². The summed E-state index contributed by atoms with van der Waals surface area (Å²) in [4.78, 5) is 24.0. The molecule has 1 saturated carbocycles. The topological polar surface area (TPSA) is 134 Å². The summed E-state index contributed by atoms with van der Waals surface area (Å²) in [5.74, 6) is -0.530. The molecule has 1 aliphatic carbocycles. The SMILES string of the molecule is CCCCC[C@@H](O)/C=C/[C@@H]1[C@H](C/C=C\CC(=O)OC[C@H](O)COC(=O)CCCCCCCCC(C)CC)[C@@H](O)C[C@H]1O. The monoisotopic (exact) mass is 596 g/mol. The maximum absolute atomic E-state index is 12.0. The van der Waals surface area contributed by atoms with Crippen molar-refractivity contribution in [2.24, 2.45) is 17.8 Å². The Morgan fingerprint density at radius 2 is 1.48 bits per heavy atom. The fourth-order valence-electron chi connectivity index (χ4n) is 5.33. The summed E-state index contributed by atoms with van der Waals surface area (Å²) in [6.07, 6.45) is 18.0. The molecule has 1 rings (SSSR count). The summed E-state index contributed by atoms with van der Waals surface area (Å²) in [5, 5.41) is 40.9. The number of ether oxygens (including phenoxy) is 2. The molecule has 0 aromatic rings. The van der Waals surface area contributed by atoms with Gasteiger partial charge in [0.2, 0.25) is 0 Å². The van der Waals surface area contributed by atoms with Crippen LogP contribution >= 0.6 is 0 Å². The van der Waals surface area contributed by atoms with Crippen molar-refractivity contribution in [3.8, 4) is 0 Å². The molecular weight excluding hydrogens is 536 g/mol. The van der Waals surface area contributed by atoms with E-state index in [9.17, 15) is 30.0 Å². The first kappa shape index (κ1) is 38.3. The molecular formula is C34H60O8. The molecule has 0 aliphatic heterocycles. The number of esters is 2. The van der Waals surface area contributed by atoms with E-state index in [-0.39, 0.29) is 43.9 Å². The normalized spacial score (nSPS) is 22.9. The third kappa shape index (κ3) is 18.0. The highest BCUT2D eigenvalue weighted by Crippen LogP contribution is 2.36. The lowest BCUT2D eigenvalue weighted by molar-refractivity contribution is -0.151. The molecule has 0 spiro atoms. The second kappa shape index (κ2) is 23.7. The Hall–Kier alpha value is -1.74. The zero-order valence-corrected chi connectivity index (χ0v) is 26.5. The minimum Gasteiger partial charge on any atom is -0.463 e. The van der Waals surface area contributed by atoms with Crippen molar-refractivity contribution < 1.29 is 39.5 Å². The number of rotatable bonds is 24. The second-order valence-corrected chi connectivity index (χ2v) is 12.2. The van der Waals surface area contributed by atoms with E-state index < -0.39 is 30.4 Å². The summed E-state index contributed by atoms with van der Waals surface area (Å²) in [5.41, 5.74) is 0. The highest BCUT2D eigenvalue weighted by atomic mass is 16.6. The largest absolute Gasteiger partial charge is 0.463 e. The highest BCUT2D eigenvalue weighted by Gasteiger charge is 2.39. The van der Waals surface area contributed by atoms with Crippen LogP contribution in [0, 0.1) is 17.8 Å². The van der Waals surface area contributed by atoms with Gasteiger partial charge in [0.15, 0.2) is 0 Å². The molecule has 1 unspecified atom stereocenters. The van der Waals surface area contributed by atoms with Gasteiger partial charge in [-0.25, -0.2) is 0 Å². The van der Waals surface area contributed by atoms with Crippen LogP contribution in [-0.4, -0.2) is 70.0 Å². The van der Waals surface area contributed by atoms with Gasteiger partial charge >= 0.3 is 11.9 Å². The van der Waals surface area contributed by atoms with E-state index in [0.29, 0.717) is 19.3 Å². The number of hydrogen-bond donors (Lipinski definition) is 4. The van der Waals surface area contributed by atoms with Gasteiger partial charge in [-0.2, -0.15) is 0 Å². The molecule has 0 saturated heterocycles. The van der Waals surface area contributed by atoms with E-state index in [1.807, 2.05) is 6.08 Å². The van der Waals surface area contributed by atoms with Crippen molar-refractivity contribution in [3.63, 3.8) is 0 Å². The summed E-state index contributed by atoms with van der Waals surface area (Å²) in [7, 11) is 0. The Balaban J connectivity index is 2.19. The van der Waals surface area contributed by atoms with Gasteiger partial charge in [-0.3, -0.25) is 9.59 Å². The van der Waals surface area contributed by atoms with Gasteiger partial charge in [-0.1, -0.05) is 109 Å². The van der Waals surface area contributed by atoms with Crippen molar-refractivity contribution in [1.29, 1.82) is 0 Å².